The van der Waals surface area contributed by atoms with Crippen LogP contribution in [0.3, 0.4) is 0 Å². The summed E-state index contributed by atoms with van der Waals surface area (Å²) in [6.45, 7) is 6.78. The SMILES string of the molecule is CC(C)(C)c1cc(NC(=O)Nc2ccccc2Cl)n(Cc2ccncc2)n1. The molecule has 2 aromatic heterocycles. The van der Waals surface area contributed by atoms with Crippen molar-refractivity contribution in [2.75, 3.05) is 10.6 Å². The molecule has 0 saturated carbocycles. The number of pyridine rings is 1. The van der Waals surface area contributed by atoms with E-state index in [1.165, 1.54) is 0 Å². The van der Waals surface area contributed by atoms with Crippen molar-refractivity contribution < 1.29 is 4.79 Å². The second kappa shape index (κ2) is 7.80. The van der Waals surface area contributed by atoms with E-state index in [0.29, 0.717) is 23.1 Å². The fraction of sp³-hybridized carbons (Fsp3) is 0.250. The maximum atomic E-state index is 12.5. The van der Waals surface area contributed by atoms with Gasteiger partial charge in [0.25, 0.3) is 0 Å². The minimum absolute atomic E-state index is 0.140. The van der Waals surface area contributed by atoms with Gasteiger partial charge in [-0.05, 0) is 29.8 Å². The summed E-state index contributed by atoms with van der Waals surface area (Å²) in [5.74, 6) is 0.612. The molecule has 0 radical (unpaired) electrons. The Morgan fingerprint density at radius 2 is 1.81 bits per heavy atom. The highest BCUT2D eigenvalue weighted by atomic mass is 35.5. The van der Waals surface area contributed by atoms with E-state index in [1.807, 2.05) is 30.3 Å². The first-order valence-electron chi connectivity index (χ1n) is 8.63. The molecule has 0 bridgehead atoms. The van der Waals surface area contributed by atoms with Crippen molar-refractivity contribution in [2.45, 2.75) is 32.7 Å². The predicted octanol–water partition coefficient (Wildman–Crippen LogP) is 4.92. The van der Waals surface area contributed by atoms with Crippen molar-refractivity contribution in [1.82, 2.24) is 14.8 Å². The second-order valence-electron chi connectivity index (χ2n) is 7.24. The van der Waals surface area contributed by atoms with Gasteiger partial charge in [0, 0.05) is 23.9 Å². The fourth-order valence-electron chi connectivity index (χ4n) is 2.50. The van der Waals surface area contributed by atoms with E-state index in [0.717, 1.165) is 11.3 Å². The Hall–Kier alpha value is -2.86. The van der Waals surface area contributed by atoms with E-state index < -0.39 is 0 Å². The zero-order valence-corrected chi connectivity index (χ0v) is 16.3. The molecular formula is C20H22ClN5O. The van der Waals surface area contributed by atoms with Crippen molar-refractivity contribution in [3.63, 3.8) is 0 Å². The maximum absolute atomic E-state index is 12.5. The normalized spacial score (nSPS) is 11.3. The summed E-state index contributed by atoms with van der Waals surface area (Å²) < 4.78 is 1.78. The number of amides is 2. The minimum atomic E-state index is -0.376. The highest BCUT2D eigenvalue weighted by Crippen LogP contribution is 2.25. The third-order valence-corrected chi connectivity index (χ3v) is 4.32. The lowest BCUT2D eigenvalue weighted by Crippen LogP contribution is -2.22. The molecule has 0 atom stereocenters. The molecule has 7 heteroatoms. The molecule has 0 aliphatic heterocycles. The number of carbonyl (C=O) groups is 1. The third-order valence-electron chi connectivity index (χ3n) is 3.99. The molecule has 140 valence electrons. The summed E-state index contributed by atoms with van der Waals surface area (Å²) in [5, 5.41) is 10.8. The van der Waals surface area contributed by atoms with Gasteiger partial charge in [0.1, 0.15) is 5.82 Å². The highest BCUT2D eigenvalue weighted by molar-refractivity contribution is 6.33. The topological polar surface area (TPSA) is 71.8 Å². The van der Waals surface area contributed by atoms with Crippen LogP contribution in [0.2, 0.25) is 5.02 Å². The first kappa shape index (κ1) is 18.9. The number of para-hydroxylation sites is 1. The third kappa shape index (κ3) is 4.86. The number of nitrogens with zero attached hydrogens (tertiary/aromatic N) is 3. The van der Waals surface area contributed by atoms with Crippen molar-refractivity contribution in [1.29, 1.82) is 0 Å². The zero-order chi connectivity index (χ0) is 19.4. The zero-order valence-electron chi connectivity index (χ0n) is 15.5. The van der Waals surface area contributed by atoms with Crippen LogP contribution < -0.4 is 10.6 Å². The first-order chi connectivity index (χ1) is 12.8. The summed E-state index contributed by atoms with van der Waals surface area (Å²) in [6, 6.07) is 12.5. The Balaban J connectivity index is 1.83. The van der Waals surface area contributed by atoms with Crippen molar-refractivity contribution in [3.8, 4) is 0 Å². The van der Waals surface area contributed by atoms with E-state index in [-0.39, 0.29) is 11.4 Å². The summed E-state index contributed by atoms with van der Waals surface area (Å²) in [7, 11) is 0. The van der Waals surface area contributed by atoms with Gasteiger partial charge < -0.3 is 5.32 Å². The summed E-state index contributed by atoms with van der Waals surface area (Å²) in [6.07, 6.45) is 3.47. The number of halogens is 1. The number of rotatable bonds is 4. The average Bonchev–Trinajstić information content (AvgIpc) is 3.01. The van der Waals surface area contributed by atoms with Gasteiger partial charge in [-0.3, -0.25) is 10.3 Å². The molecule has 0 unspecified atom stereocenters. The lowest BCUT2D eigenvalue weighted by molar-refractivity contribution is 0.262. The Labute approximate surface area is 163 Å². The Morgan fingerprint density at radius 3 is 2.48 bits per heavy atom. The van der Waals surface area contributed by atoms with E-state index in [1.54, 1.807) is 29.2 Å². The number of hydrogen-bond acceptors (Lipinski definition) is 3. The minimum Gasteiger partial charge on any atom is -0.306 e. The van der Waals surface area contributed by atoms with Crippen LogP contribution in [-0.2, 0) is 12.0 Å². The molecule has 2 amide bonds. The van der Waals surface area contributed by atoms with Crippen molar-refractivity contribution in [3.05, 3.63) is 71.1 Å². The number of nitrogens with one attached hydrogen (secondary N) is 2. The van der Waals surface area contributed by atoms with Crippen LogP contribution >= 0.6 is 11.6 Å². The van der Waals surface area contributed by atoms with Crippen LogP contribution in [-0.4, -0.2) is 20.8 Å². The summed E-state index contributed by atoms with van der Waals surface area (Å²) >= 11 is 6.11. The summed E-state index contributed by atoms with van der Waals surface area (Å²) in [5.41, 5.74) is 2.35. The highest BCUT2D eigenvalue weighted by Gasteiger charge is 2.21. The van der Waals surface area contributed by atoms with Crippen LogP contribution in [0.25, 0.3) is 0 Å². The smallest absolute Gasteiger partial charge is 0.306 e. The summed E-state index contributed by atoms with van der Waals surface area (Å²) in [4.78, 5) is 16.5. The Morgan fingerprint density at radius 1 is 1.11 bits per heavy atom. The lowest BCUT2D eigenvalue weighted by atomic mass is 9.92. The second-order valence-corrected chi connectivity index (χ2v) is 7.64. The first-order valence-corrected chi connectivity index (χ1v) is 9.00. The molecule has 3 rings (SSSR count). The monoisotopic (exact) mass is 383 g/mol. The van der Waals surface area contributed by atoms with Gasteiger partial charge in [-0.1, -0.05) is 44.5 Å². The Kier molecular flexibility index (Phi) is 5.46. The van der Waals surface area contributed by atoms with Crippen molar-refractivity contribution >= 4 is 29.1 Å². The molecule has 0 spiro atoms. The lowest BCUT2D eigenvalue weighted by Gasteiger charge is -2.14. The molecule has 3 aromatic rings. The quantitative estimate of drug-likeness (QED) is 0.671. The van der Waals surface area contributed by atoms with Gasteiger partial charge in [-0.25, -0.2) is 9.48 Å². The van der Waals surface area contributed by atoms with Crippen LogP contribution in [0.1, 0.15) is 32.0 Å². The number of carbonyl (C=O) groups excluding carboxylic acids is 1. The van der Waals surface area contributed by atoms with Gasteiger partial charge in [0.15, 0.2) is 0 Å². The average molecular weight is 384 g/mol. The molecule has 0 saturated heterocycles. The van der Waals surface area contributed by atoms with Gasteiger partial charge in [0.05, 0.1) is 22.9 Å². The van der Waals surface area contributed by atoms with Crippen molar-refractivity contribution in [2.24, 2.45) is 0 Å². The van der Waals surface area contributed by atoms with Crippen LogP contribution in [0, 0.1) is 0 Å². The predicted molar refractivity (Wildman–Crippen MR) is 108 cm³/mol. The van der Waals surface area contributed by atoms with Gasteiger partial charge in [-0.15, -0.1) is 0 Å². The molecule has 6 nitrogen and oxygen atoms in total. The van der Waals surface area contributed by atoms with Crippen LogP contribution in [0.15, 0.2) is 54.9 Å². The molecule has 2 heterocycles. The van der Waals surface area contributed by atoms with Crippen LogP contribution in [0.4, 0.5) is 16.3 Å². The molecule has 27 heavy (non-hydrogen) atoms. The maximum Gasteiger partial charge on any atom is 0.324 e. The van der Waals surface area contributed by atoms with Crippen LogP contribution in [0.5, 0.6) is 0 Å². The van der Waals surface area contributed by atoms with E-state index in [4.69, 9.17) is 11.6 Å². The number of anilines is 2. The molecule has 0 fully saturated rings. The molecular weight excluding hydrogens is 362 g/mol. The van der Waals surface area contributed by atoms with Gasteiger partial charge in [-0.2, -0.15) is 5.10 Å². The molecule has 0 aliphatic carbocycles. The van der Waals surface area contributed by atoms with E-state index in [9.17, 15) is 4.79 Å². The number of urea groups is 1. The standard InChI is InChI=1S/C20H22ClN5O/c1-20(2,3)17-12-18(26(25-17)13-14-8-10-22-11-9-14)24-19(27)23-16-7-5-4-6-15(16)21/h4-12H,13H2,1-3H3,(H2,23,24,27). The van der Waals surface area contributed by atoms with E-state index in [2.05, 4.69) is 41.5 Å². The fourth-order valence-corrected chi connectivity index (χ4v) is 2.68. The Bertz CT molecular complexity index is 931. The molecule has 0 aliphatic rings. The number of aromatic nitrogens is 3. The number of hydrogen-bond donors (Lipinski definition) is 2. The molecule has 1 aromatic carbocycles. The number of benzene rings is 1. The van der Waals surface area contributed by atoms with Gasteiger partial charge in [0.2, 0.25) is 0 Å². The molecule has 2 N–H and O–H groups in total. The largest absolute Gasteiger partial charge is 0.324 e. The van der Waals surface area contributed by atoms with E-state index >= 15 is 0 Å². The van der Waals surface area contributed by atoms with Gasteiger partial charge >= 0.3 is 6.03 Å².